The van der Waals surface area contributed by atoms with Crippen molar-refractivity contribution in [3.8, 4) is 0 Å². The second kappa shape index (κ2) is 5.97. The predicted molar refractivity (Wildman–Crippen MR) is 56.0 cm³/mol. The van der Waals surface area contributed by atoms with Crippen molar-refractivity contribution in [2.45, 2.75) is 46.5 Å². The first-order valence-corrected chi connectivity index (χ1v) is 4.91. The fraction of sp³-hybridized carbons (Fsp3) is 0.583. The second-order valence-electron chi connectivity index (χ2n) is 4.15. The Labute approximate surface area is 113 Å². The standard InChI is InChI=1S/C12H18N.Y/c1-8(2)11-6-10(5)13-7-12(11)9(3)4;/h7-9H,1-5H3;/q-1;. The van der Waals surface area contributed by atoms with Crippen molar-refractivity contribution in [3.05, 3.63) is 29.1 Å². The summed E-state index contributed by atoms with van der Waals surface area (Å²) in [5.74, 6) is 1.08. The topological polar surface area (TPSA) is 12.9 Å². The molecule has 0 fully saturated rings. The molecular formula is C12H18NY-. The van der Waals surface area contributed by atoms with Gasteiger partial charge in [-0.2, -0.15) is 5.56 Å². The van der Waals surface area contributed by atoms with Crippen molar-refractivity contribution < 1.29 is 32.7 Å². The number of aryl methyl sites for hydroxylation is 1. The number of hydrogen-bond acceptors (Lipinski definition) is 1. The molecule has 0 aliphatic rings. The van der Waals surface area contributed by atoms with Crippen LogP contribution >= 0.6 is 0 Å². The first-order chi connectivity index (χ1) is 6.02. The quantitative estimate of drug-likeness (QED) is 0.746. The molecule has 0 unspecified atom stereocenters. The van der Waals surface area contributed by atoms with Crippen molar-refractivity contribution in [3.63, 3.8) is 0 Å². The number of rotatable bonds is 2. The molecule has 1 radical (unpaired) electrons. The normalized spacial score (nSPS) is 10.5. The molecule has 14 heavy (non-hydrogen) atoms. The van der Waals surface area contributed by atoms with Crippen LogP contribution < -0.4 is 0 Å². The molecule has 0 amide bonds. The summed E-state index contributed by atoms with van der Waals surface area (Å²) in [6, 6.07) is 3.35. The van der Waals surface area contributed by atoms with E-state index in [4.69, 9.17) is 0 Å². The van der Waals surface area contributed by atoms with E-state index in [9.17, 15) is 0 Å². The maximum Gasteiger partial charge on any atom is 0 e. The molecule has 0 atom stereocenters. The van der Waals surface area contributed by atoms with Gasteiger partial charge in [0.15, 0.2) is 0 Å². The molecule has 1 rings (SSSR count). The van der Waals surface area contributed by atoms with Crippen LogP contribution in [0.4, 0.5) is 0 Å². The molecule has 75 valence electrons. The summed E-state index contributed by atoms with van der Waals surface area (Å²) in [4.78, 5) is 4.29. The van der Waals surface area contributed by atoms with Crippen LogP contribution in [0.15, 0.2) is 6.20 Å². The molecule has 0 aliphatic heterocycles. The fourth-order valence-electron chi connectivity index (χ4n) is 1.47. The van der Waals surface area contributed by atoms with E-state index in [1.54, 1.807) is 0 Å². The van der Waals surface area contributed by atoms with Gasteiger partial charge in [-0.1, -0.05) is 51.4 Å². The Balaban J connectivity index is 0.00000169. The zero-order valence-corrected chi connectivity index (χ0v) is 12.6. The van der Waals surface area contributed by atoms with Crippen LogP contribution in [0.1, 0.15) is 56.4 Å². The van der Waals surface area contributed by atoms with Gasteiger partial charge < -0.3 is 4.98 Å². The molecule has 1 aromatic heterocycles. The number of pyridine rings is 1. The Hall–Kier alpha value is 0.254. The molecule has 0 aliphatic carbocycles. The van der Waals surface area contributed by atoms with E-state index < -0.39 is 0 Å². The molecule has 1 aromatic rings. The van der Waals surface area contributed by atoms with Crippen molar-refractivity contribution >= 4 is 0 Å². The summed E-state index contributed by atoms with van der Waals surface area (Å²) in [7, 11) is 0. The van der Waals surface area contributed by atoms with Gasteiger partial charge in [-0.3, -0.25) is 0 Å². The molecule has 1 heterocycles. The van der Waals surface area contributed by atoms with E-state index in [2.05, 4.69) is 38.7 Å². The van der Waals surface area contributed by atoms with Crippen LogP contribution in [0.25, 0.3) is 0 Å². The van der Waals surface area contributed by atoms with Crippen molar-refractivity contribution in [1.82, 2.24) is 4.98 Å². The van der Waals surface area contributed by atoms with Gasteiger partial charge in [-0.05, 0) is 6.92 Å². The van der Waals surface area contributed by atoms with E-state index in [1.165, 1.54) is 11.1 Å². The molecule has 0 saturated heterocycles. The molecule has 0 aromatic carbocycles. The molecule has 0 saturated carbocycles. The van der Waals surface area contributed by atoms with Crippen molar-refractivity contribution in [2.24, 2.45) is 0 Å². The van der Waals surface area contributed by atoms with E-state index in [0.29, 0.717) is 11.8 Å². The monoisotopic (exact) mass is 265 g/mol. The summed E-state index contributed by atoms with van der Waals surface area (Å²) in [6.45, 7) is 10.8. The average Bonchev–Trinajstić information content (AvgIpc) is 2.03. The van der Waals surface area contributed by atoms with Gasteiger partial charge in [0.05, 0.1) is 0 Å². The molecule has 0 bridgehead atoms. The number of aromatic nitrogens is 1. The summed E-state index contributed by atoms with van der Waals surface area (Å²) < 4.78 is 0. The van der Waals surface area contributed by atoms with E-state index in [-0.39, 0.29) is 32.7 Å². The summed E-state index contributed by atoms with van der Waals surface area (Å²) in [5.41, 5.74) is 3.65. The Morgan fingerprint density at radius 3 is 2.14 bits per heavy atom. The van der Waals surface area contributed by atoms with Crippen LogP contribution in [-0.4, -0.2) is 4.98 Å². The first-order valence-electron chi connectivity index (χ1n) is 4.91. The van der Waals surface area contributed by atoms with Gasteiger partial charge in [0.25, 0.3) is 0 Å². The number of nitrogens with zero attached hydrogens (tertiary/aromatic N) is 1. The zero-order valence-electron chi connectivity index (χ0n) is 9.76. The number of hydrogen-bond donors (Lipinski definition) is 0. The summed E-state index contributed by atoms with van der Waals surface area (Å²) in [6.07, 6.45) is 1.99. The van der Waals surface area contributed by atoms with Crippen LogP contribution in [0, 0.1) is 13.0 Å². The Kier molecular flexibility index (Phi) is 6.08. The Morgan fingerprint density at radius 1 is 1.14 bits per heavy atom. The largest absolute Gasteiger partial charge is 0.301 e. The predicted octanol–water partition coefficient (Wildman–Crippen LogP) is 3.43. The van der Waals surface area contributed by atoms with Gasteiger partial charge in [-0.15, -0.1) is 0 Å². The SMILES string of the molecule is Cc1[c-]c(C(C)C)c(C(C)C)cn1.[Y]. The van der Waals surface area contributed by atoms with Gasteiger partial charge in [-0.25, -0.2) is 11.6 Å². The third-order valence-electron chi connectivity index (χ3n) is 2.22. The van der Waals surface area contributed by atoms with Crippen molar-refractivity contribution in [2.75, 3.05) is 0 Å². The average molecular weight is 265 g/mol. The summed E-state index contributed by atoms with van der Waals surface area (Å²) in [5, 5.41) is 0. The maximum atomic E-state index is 4.29. The Bertz CT molecular complexity index is 292. The molecule has 0 spiro atoms. The van der Waals surface area contributed by atoms with Gasteiger partial charge in [0.2, 0.25) is 0 Å². The zero-order chi connectivity index (χ0) is 10.0. The van der Waals surface area contributed by atoms with Gasteiger partial charge in [0.1, 0.15) is 0 Å². The van der Waals surface area contributed by atoms with Crippen LogP contribution in [0.3, 0.4) is 0 Å². The van der Waals surface area contributed by atoms with Crippen LogP contribution in [-0.2, 0) is 32.7 Å². The molecule has 1 nitrogen and oxygen atoms in total. The summed E-state index contributed by atoms with van der Waals surface area (Å²) >= 11 is 0. The Morgan fingerprint density at radius 2 is 1.71 bits per heavy atom. The molecule has 2 heteroatoms. The van der Waals surface area contributed by atoms with Crippen LogP contribution in [0.2, 0.25) is 0 Å². The first kappa shape index (κ1) is 14.3. The molecular weight excluding hydrogens is 247 g/mol. The minimum Gasteiger partial charge on any atom is -0.301 e. The van der Waals surface area contributed by atoms with Gasteiger partial charge >= 0.3 is 0 Å². The minimum atomic E-state index is 0. The maximum absolute atomic E-state index is 4.29. The third kappa shape index (κ3) is 3.44. The van der Waals surface area contributed by atoms with E-state index in [0.717, 1.165) is 5.69 Å². The third-order valence-corrected chi connectivity index (χ3v) is 2.22. The molecule has 0 N–H and O–H groups in total. The fourth-order valence-corrected chi connectivity index (χ4v) is 1.47. The van der Waals surface area contributed by atoms with Crippen LogP contribution in [0.5, 0.6) is 0 Å². The smallest absolute Gasteiger partial charge is 0 e. The van der Waals surface area contributed by atoms with E-state index in [1.807, 2.05) is 13.1 Å². The second-order valence-corrected chi connectivity index (χ2v) is 4.15. The van der Waals surface area contributed by atoms with Crippen molar-refractivity contribution in [1.29, 1.82) is 0 Å². The minimum absolute atomic E-state index is 0. The van der Waals surface area contributed by atoms with Gasteiger partial charge in [0, 0.05) is 32.7 Å². The van der Waals surface area contributed by atoms with E-state index >= 15 is 0 Å².